The summed E-state index contributed by atoms with van der Waals surface area (Å²) < 4.78 is 0. The predicted octanol–water partition coefficient (Wildman–Crippen LogP) is 5.47. The van der Waals surface area contributed by atoms with E-state index < -0.39 is 0 Å². The first-order chi connectivity index (χ1) is 12.2. The highest BCUT2D eigenvalue weighted by Gasteiger charge is 2.19. The van der Waals surface area contributed by atoms with Crippen molar-refractivity contribution in [3.8, 4) is 0 Å². The van der Waals surface area contributed by atoms with Gasteiger partial charge in [-0.2, -0.15) is 0 Å². The first-order valence-corrected chi connectivity index (χ1v) is 9.67. The molecule has 0 aromatic rings. The van der Waals surface area contributed by atoms with Gasteiger partial charge in [-0.15, -0.1) is 0 Å². The molecule has 25 heavy (non-hydrogen) atoms. The van der Waals surface area contributed by atoms with E-state index in [1.807, 2.05) is 18.4 Å². The molecule has 0 bridgehead atoms. The Morgan fingerprint density at radius 2 is 2.00 bits per heavy atom. The van der Waals surface area contributed by atoms with Crippen molar-refractivity contribution in [3.63, 3.8) is 0 Å². The molecule has 0 amide bonds. The third-order valence-electron chi connectivity index (χ3n) is 4.81. The van der Waals surface area contributed by atoms with Crippen LogP contribution in [0.5, 0.6) is 0 Å². The van der Waals surface area contributed by atoms with E-state index in [9.17, 15) is 0 Å². The first-order valence-electron chi connectivity index (χ1n) is 9.67. The van der Waals surface area contributed by atoms with Crippen molar-refractivity contribution in [1.82, 2.24) is 10.2 Å². The van der Waals surface area contributed by atoms with Gasteiger partial charge in [0.15, 0.2) is 0 Å². The van der Waals surface area contributed by atoms with Crippen LogP contribution >= 0.6 is 0 Å². The minimum atomic E-state index is 1.03. The molecule has 0 radical (unpaired) electrons. The molecule has 2 rings (SSSR count). The van der Waals surface area contributed by atoms with E-state index in [-0.39, 0.29) is 0 Å². The Balaban J connectivity index is 2.39. The van der Waals surface area contributed by atoms with Crippen molar-refractivity contribution in [2.45, 2.75) is 59.3 Å². The fourth-order valence-electron chi connectivity index (χ4n) is 3.44. The van der Waals surface area contributed by atoms with E-state index in [2.05, 4.69) is 49.7 Å². The van der Waals surface area contributed by atoms with Crippen LogP contribution in [-0.2, 0) is 0 Å². The van der Waals surface area contributed by atoms with Crippen LogP contribution in [0.25, 0.3) is 0 Å². The average molecular weight is 340 g/mol. The molecule has 2 aliphatic rings. The van der Waals surface area contributed by atoms with Crippen LogP contribution in [0.1, 0.15) is 59.3 Å². The molecule has 2 heterocycles. The van der Waals surface area contributed by atoms with Crippen LogP contribution in [0, 0.1) is 0 Å². The minimum Gasteiger partial charge on any atom is -0.357 e. The molecule has 1 saturated heterocycles. The number of rotatable bonds is 6. The number of nitrogens with zero attached hydrogens (tertiary/aromatic N) is 2. The van der Waals surface area contributed by atoms with Crippen molar-refractivity contribution in [2.75, 3.05) is 13.1 Å². The second-order valence-electron chi connectivity index (χ2n) is 6.71. The van der Waals surface area contributed by atoms with Gasteiger partial charge in [0.25, 0.3) is 0 Å². The third-order valence-corrected chi connectivity index (χ3v) is 4.81. The number of hydrogen-bond acceptors (Lipinski definition) is 3. The Bertz CT molecular complexity index is 609. The van der Waals surface area contributed by atoms with Gasteiger partial charge in [0, 0.05) is 18.8 Å². The Hall–Kier alpha value is -2.03. The zero-order chi connectivity index (χ0) is 18.1. The van der Waals surface area contributed by atoms with E-state index in [1.165, 1.54) is 37.0 Å². The van der Waals surface area contributed by atoms with Crippen LogP contribution in [0.3, 0.4) is 0 Å². The summed E-state index contributed by atoms with van der Waals surface area (Å²) in [5, 5.41) is 3.66. The van der Waals surface area contributed by atoms with Crippen molar-refractivity contribution in [3.05, 3.63) is 59.7 Å². The van der Waals surface area contributed by atoms with Crippen LogP contribution in [0.2, 0.25) is 0 Å². The lowest BCUT2D eigenvalue weighted by Gasteiger charge is -2.26. The highest BCUT2D eigenvalue weighted by molar-refractivity contribution is 6.14. The molecule has 136 valence electrons. The van der Waals surface area contributed by atoms with E-state index in [0.717, 1.165) is 43.0 Å². The SMILES string of the molecule is C=C/C=C\C(=C/C)C1=NC=C(N2CCCCCC2)NC(C)=C1CCC. The van der Waals surface area contributed by atoms with Gasteiger partial charge in [0.05, 0.1) is 11.9 Å². The predicted molar refractivity (Wildman–Crippen MR) is 109 cm³/mol. The zero-order valence-corrected chi connectivity index (χ0v) is 16.1. The van der Waals surface area contributed by atoms with Crippen molar-refractivity contribution >= 4 is 5.71 Å². The number of nitrogens with one attached hydrogen (secondary N) is 1. The highest BCUT2D eigenvalue weighted by Crippen LogP contribution is 2.23. The van der Waals surface area contributed by atoms with Crippen LogP contribution in [-0.4, -0.2) is 23.7 Å². The van der Waals surface area contributed by atoms with Crippen LogP contribution in [0.15, 0.2) is 64.7 Å². The number of likely N-dealkylation sites (tertiary alicyclic amines) is 1. The number of hydrogen-bond donors (Lipinski definition) is 1. The second-order valence-corrected chi connectivity index (χ2v) is 6.71. The Morgan fingerprint density at radius 1 is 1.28 bits per heavy atom. The summed E-state index contributed by atoms with van der Waals surface area (Å²) in [4.78, 5) is 7.38. The standard InChI is InChI=1S/C22H33N3/c1-5-8-14-19(7-3)22-20(13-6-2)18(4)24-21(17-23-22)25-15-11-9-10-12-16-25/h5,7-8,14,17,24H,1,6,9-13,15-16H2,2-4H3/b14-8-,19-7+. The Kier molecular flexibility index (Phi) is 7.77. The van der Waals surface area contributed by atoms with E-state index >= 15 is 0 Å². The molecule has 2 aliphatic heterocycles. The fraction of sp³-hybridized carbons (Fsp3) is 0.500. The largest absolute Gasteiger partial charge is 0.357 e. The molecule has 0 unspecified atom stereocenters. The van der Waals surface area contributed by atoms with Crippen LogP contribution < -0.4 is 5.32 Å². The maximum atomic E-state index is 4.92. The summed E-state index contributed by atoms with van der Waals surface area (Å²) in [6, 6.07) is 0. The quantitative estimate of drug-likeness (QED) is 0.650. The molecular weight excluding hydrogens is 306 g/mol. The Morgan fingerprint density at radius 3 is 2.60 bits per heavy atom. The van der Waals surface area contributed by atoms with Gasteiger partial charge in [-0.05, 0) is 44.3 Å². The average Bonchev–Trinajstić information content (AvgIpc) is 2.97. The lowest BCUT2D eigenvalue weighted by Crippen LogP contribution is -2.32. The monoisotopic (exact) mass is 339 g/mol. The van der Waals surface area contributed by atoms with Crippen LogP contribution in [0.4, 0.5) is 0 Å². The van der Waals surface area contributed by atoms with E-state index in [4.69, 9.17) is 4.99 Å². The molecule has 0 aliphatic carbocycles. The molecule has 1 fully saturated rings. The smallest absolute Gasteiger partial charge is 0.124 e. The van der Waals surface area contributed by atoms with Gasteiger partial charge >= 0.3 is 0 Å². The molecule has 1 N–H and O–H groups in total. The maximum absolute atomic E-state index is 4.92. The molecule has 0 saturated carbocycles. The van der Waals surface area contributed by atoms with E-state index in [0.29, 0.717) is 0 Å². The topological polar surface area (TPSA) is 27.6 Å². The fourth-order valence-corrected chi connectivity index (χ4v) is 3.44. The summed E-state index contributed by atoms with van der Waals surface area (Å²) in [5.74, 6) is 1.14. The van der Waals surface area contributed by atoms with Crippen molar-refractivity contribution in [2.24, 2.45) is 4.99 Å². The first kappa shape index (κ1) is 19.3. The molecule has 0 aromatic carbocycles. The second kappa shape index (κ2) is 10.1. The van der Waals surface area contributed by atoms with Gasteiger partial charge in [-0.3, -0.25) is 4.99 Å². The highest BCUT2D eigenvalue weighted by atomic mass is 15.2. The summed E-state index contributed by atoms with van der Waals surface area (Å²) in [6.07, 6.45) is 17.4. The number of allylic oxidation sites excluding steroid dienone is 7. The molecule has 0 atom stereocenters. The summed E-state index contributed by atoms with van der Waals surface area (Å²) in [7, 11) is 0. The lowest BCUT2D eigenvalue weighted by atomic mass is 9.96. The maximum Gasteiger partial charge on any atom is 0.124 e. The molecule has 0 aromatic heterocycles. The third kappa shape index (κ3) is 5.22. The van der Waals surface area contributed by atoms with Gasteiger partial charge in [-0.25, -0.2) is 0 Å². The van der Waals surface area contributed by atoms with E-state index in [1.54, 1.807) is 0 Å². The molecule has 3 nitrogen and oxygen atoms in total. The normalized spacial score (nSPS) is 20.0. The summed E-state index contributed by atoms with van der Waals surface area (Å²) >= 11 is 0. The zero-order valence-electron chi connectivity index (χ0n) is 16.1. The summed E-state index contributed by atoms with van der Waals surface area (Å²) in [6.45, 7) is 12.5. The molecule has 3 heteroatoms. The van der Waals surface area contributed by atoms with Crippen molar-refractivity contribution in [1.29, 1.82) is 0 Å². The number of aliphatic imine (C=N–C) groups is 1. The minimum absolute atomic E-state index is 1.03. The Labute approximate surface area is 153 Å². The molecular formula is C22H33N3. The van der Waals surface area contributed by atoms with Gasteiger partial charge < -0.3 is 10.2 Å². The van der Waals surface area contributed by atoms with Gasteiger partial charge in [0.2, 0.25) is 0 Å². The molecule has 0 spiro atoms. The lowest BCUT2D eigenvalue weighted by molar-refractivity contribution is 0.338. The summed E-state index contributed by atoms with van der Waals surface area (Å²) in [5.41, 5.74) is 4.76. The van der Waals surface area contributed by atoms with Crippen molar-refractivity contribution < 1.29 is 0 Å². The van der Waals surface area contributed by atoms with Gasteiger partial charge in [0.1, 0.15) is 5.82 Å². The van der Waals surface area contributed by atoms with Gasteiger partial charge in [-0.1, -0.05) is 57.1 Å².